The van der Waals surface area contributed by atoms with Crippen molar-refractivity contribution in [2.45, 2.75) is 6.92 Å². The van der Waals surface area contributed by atoms with Gasteiger partial charge < -0.3 is 14.8 Å². The minimum Gasteiger partial charge on any atom is -0.491 e. The van der Waals surface area contributed by atoms with Crippen LogP contribution in [-0.4, -0.2) is 31.3 Å². The van der Waals surface area contributed by atoms with E-state index in [2.05, 4.69) is 21.2 Å². The van der Waals surface area contributed by atoms with Crippen LogP contribution in [-0.2, 0) is 0 Å². The number of allylic oxidation sites excluding steroid dienone is 4. The summed E-state index contributed by atoms with van der Waals surface area (Å²) in [5.41, 5.74) is 0.649. The van der Waals surface area contributed by atoms with Crippen LogP contribution in [0.1, 0.15) is 6.92 Å². The molecule has 23 heavy (non-hydrogen) atoms. The van der Waals surface area contributed by atoms with E-state index < -0.39 is 0 Å². The molecule has 0 unspecified atom stereocenters. The standard InChI is InChI=1S/C16H17ClN4O2/c1-5-11(17)9-13(12(6-2)19-10-18)20-15-8-7-14(22-3)16(21-15)23-4/h2,5,7-10,18H,1,3-4H3,(H,20,21)/b11-5+,13-9+,18-10?,19-12?. The van der Waals surface area contributed by atoms with Crippen LogP contribution < -0.4 is 14.8 Å². The molecule has 6 nitrogen and oxygen atoms in total. The molecule has 0 amide bonds. The van der Waals surface area contributed by atoms with Crippen molar-refractivity contribution in [3.8, 4) is 24.0 Å². The number of halogens is 1. The van der Waals surface area contributed by atoms with Gasteiger partial charge in [-0.15, -0.1) is 6.42 Å². The van der Waals surface area contributed by atoms with Crippen LogP contribution in [0, 0.1) is 17.8 Å². The van der Waals surface area contributed by atoms with Crippen molar-refractivity contribution in [1.29, 1.82) is 5.41 Å². The normalized spacial score (nSPS) is 12.4. The fraction of sp³-hybridized carbons (Fsp3) is 0.188. The molecule has 1 rings (SSSR count). The second kappa shape index (κ2) is 9.28. The van der Waals surface area contributed by atoms with Gasteiger partial charge in [-0.1, -0.05) is 17.7 Å². The molecule has 0 saturated carbocycles. The Morgan fingerprint density at radius 2 is 2.17 bits per heavy atom. The Morgan fingerprint density at radius 1 is 1.43 bits per heavy atom. The number of rotatable bonds is 7. The Balaban J connectivity index is 3.26. The largest absolute Gasteiger partial charge is 0.491 e. The van der Waals surface area contributed by atoms with E-state index in [0.29, 0.717) is 28.2 Å². The molecule has 0 aliphatic heterocycles. The lowest BCUT2D eigenvalue weighted by atomic mass is 10.2. The zero-order valence-electron chi connectivity index (χ0n) is 13.1. The quantitative estimate of drug-likeness (QED) is 0.348. The number of hydrogen-bond acceptors (Lipinski definition) is 5. The average Bonchev–Trinajstić information content (AvgIpc) is 2.58. The average molecular weight is 333 g/mol. The summed E-state index contributed by atoms with van der Waals surface area (Å²) in [5.74, 6) is 3.68. The highest BCUT2D eigenvalue weighted by molar-refractivity contribution is 6.32. The number of aromatic nitrogens is 1. The van der Waals surface area contributed by atoms with E-state index in [1.807, 2.05) is 0 Å². The SMILES string of the molecule is C#CC(=NC=N)/C(=C\C(Cl)=C/C)Nc1ccc(OC)c(OC)n1. The first-order valence-electron chi connectivity index (χ1n) is 6.52. The highest BCUT2D eigenvalue weighted by atomic mass is 35.5. The first-order valence-corrected chi connectivity index (χ1v) is 6.90. The monoisotopic (exact) mass is 332 g/mol. The maximum absolute atomic E-state index is 7.09. The topological polar surface area (TPSA) is 79.6 Å². The van der Waals surface area contributed by atoms with Crippen LogP contribution >= 0.6 is 11.6 Å². The van der Waals surface area contributed by atoms with Gasteiger partial charge in [0.25, 0.3) is 5.88 Å². The van der Waals surface area contributed by atoms with E-state index in [9.17, 15) is 0 Å². The fourth-order valence-corrected chi connectivity index (χ4v) is 1.68. The van der Waals surface area contributed by atoms with Crippen LogP contribution in [0.2, 0.25) is 0 Å². The number of anilines is 1. The first-order chi connectivity index (χ1) is 11.1. The van der Waals surface area contributed by atoms with Crippen molar-refractivity contribution in [3.63, 3.8) is 0 Å². The maximum Gasteiger partial charge on any atom is 0.258 e. The minimum atomic E-state index is 0.219. The van der Waals surface area contributed by atoms with Gasteiger partial charge >= 0.3 is 0 Å². The molecule has 0 bridgehead atoms. The maximum atomic E-state index is 7.09. The lowest BCUT2D eigenvalue weighted by Crippen LogP contribution is -2.12. The van der Waals surface area contributed by atoms with E-state index in [0.717, 1.165) is 6.34 Å². The Bertz CT molecular complexity index is 703. The molecule has 1 aromatic rings. The van der Waals surface area contributed by atoms with Gasteiger partial charge in [0.15, 0.2) is 5.75 Å². The molecule has 0 spiro atoms. The molecule has 0 saturated heterocycles. The van der Waals surface area contributed by atoms with E-state index in [4.69, 9.17) is 32.9 Å². The molecule has 0 aliphatic rings. The molecule has 2 N–H and O–H groups in total. The molecule has 0 radical (unpaired) electrons. The van der Waals surface area contributed by atoms with E-state index >= 15 is 0 Å². The number of pyridine rings is 1. The summed E-state index contributed by atoms with van der Waals surface area (Å²) in [4.78, 5) is 8.09. The Kier molecular flexibility index (Phi) is 7.37. The third kappa shape index (κ3) is 5.16. The Hall–Kier alpha value is -2.78. The van der Waals surface area contributed by atoms with Crippen molar-refractivity contribution >= 4 is 29.5 Å². The van der Waals surface area contributed by atoms with Gasteiger partial charge in [-0.25, -0.2) is 4.99 Å². The number of hydrogen-bond donors (Lipinski definition) is 2. The van der Waals surface area contributed by atoms with Gasteiger partial charge in [0.2, 0.25) is 0 Å². The number of ether oxygens (including phenoxy) is 2. The van der Waals surface area contributed by atoms with Crippen molar-refractivity contribution in [2.75, 3.05) is 19.5 Å². The first kappa shape index (κ1) is 18.3. The van der Waals surface area contributed by atoms with Crippen LogP contribution in [0.4, 0.5) is 5.82 Å². The zero-order valence-corrected chi connectivity index (χ0v) is 13.8. The van der Waals surface area contributed by atoms with Crippen molar-refractivity contribution in [3.05, 3.63) is 35.0 Å². The van der Waals surface area contributed by atoms with Gasteiger partial charge in [-0.2, -0.15) is 4.98 Å². The molecule has 0 aromatic carbocycles. The molecule has 7 heteroatoms. The van der Waals surface area contributed by atoms with E-state index in [1.54, 1.807) is 31.2 Å². The van der Waals surface area contributed by atoms with E-state index in [-0.39, 0.29) is 5.71 Å². The van der Waals surface area contributed by atoms with Crippen LogP contribution in [0.15, 0.2) is 40.0 Å². The van der Waals surface area contributed by atoms with Crippen LogP contribution in [0.25, 0.3) is 0 Å². The summed E-state index contributed by atoms with van der Waals surface area (Å²) >= 11 is 6.03. The van der Waals surface area contributed by atoms with E-state index in [1.165, 1.54) is 14.2 Å². The number of methoxy groups -OCH3 is 2. The second-order valence-electron chi connectivity index (χ2n) is 4.02. The number of nitrogens with zero attached hydrogens (tertiary/aromatic N) is 2. The second-order valence-corrected chi connectivity index (χ2v) is 4.45. The Labute approximate surface area is 140 Å². The number of terminal acetylenes is 1. The summed E-state index contributed by atoms with van der Waals surface area (Å²) in [6.45, 7) is 1.79. The van der Waals surface area contributed by atoms with Crippen LogP contribution in [0.3, 0.4) is 0 Å². The summed E-state index contributed by atoms with van der Waals surface area (Å²) in [7, 11) is 3.02. The predicted octanol–water partition coefficient (Wildman–Crippen LogP) is 3.22. The fourth-order valence-electron chi connectivity index (χ4n) is 1.57. The zero-order chi connectivity index (χ0) is 17.2. The molecule has 1 heterocycles. The number of aliphatic imine (C=N–C) groups is 1. The van der Waals surface area contributed by atoms with Gasteiger partial charge in [0.1, 0.15) is 17.9 Å². The summed E-state index contributed by atoms with van der Waals surface area (Å²) in [6.07, 6.45) is 9.59. The molecular formula is C16H17ClN4O2. The summed E-state index contributed by atoms with van der Waals surface area (Å²) in [5, 5.41) is 10.6. The summed E-state index contributed by atoms with van der Waals surface area (Å²) < 4.78 is 10.3. The van der Waals surface area contributed by atoms with Crippen LogP contribution in [0.5, 0.6) is 11.6 Å². The predicted molar refractivity (Wildman–Crippen MR) is 93.7 cm³/mol. The van der Waals surface area contributed by atoms with Crippen molar-refractivity contribution in [2.24, 2.45) is 4.99 Å². The Morgan fingerprint density at radius 3 is 2.70 bits per heavy atom. The molecule has 1 aromatic heterocycles. The molecule has 120 valence electrons. The van der Waals surface area contributed by atoms with Crippen molar-refractivity contribution < 1.29 is 9.47 Å². The highest BCUT2D eigenvalue weighted by Gasteiger charge is 2.10. The van der Waals surface area contributed by atoms with Gasteiger partial charge in [-0.3, -0.25) is 5.41 Å². The van der Waals surface area contributed by atoms with Gasteiger partial charge in [0.05, 0.1) is 19.9 Å². The highest BCUT2D eigenvalue weighted by Crippen LogP contribution is 2.26. The molecule has 0 aliphatic carbocycles. The number of nitrogens with one attached hydrogen (secondary N) is 2. The lowest BCUT2D eigenvalue weighted by Gasteiger charge is -2.12. The molecule has 0 fully saturated rings. The molecular weight excluding hydrogens is 316 g/mol. The summed E-state index contributed by atoms with van der Waals surface area (Å²) in [6, 6.07) is 3.39. The van der Waals surface area contributed by atoms with Crippen molar-refractivity contribution in [1.82, 2.24) is 4.98 Å². The lowest BCUT2D eigenvalue weighted by molar-refractivity contribution is 0.343. The minimum absolute atomic E-state index is 0.219. The smallest absolute Gasteiger partial charge is 0.258 e. The third-order valence-electron chi connectivity index (χ3n) is 2.64. The molecule has 0 atom stereocenters. The van der Waals surface area contributed by atoms with Gasteiger partial charge in [0, 0.05) is 5.03 Å². The third-order valence-corrected chi connectivity index (χ3v) is 2.97. The van der Waals surface area contributed by atoms with Gasteiger partial charge in [-0.05, 0) is 31.1 Å².